The monoisotopic (exact) mass is 282 g/mol. The van der Waals surface area contributed by atoms with Crippen LogP contribution >= 0.6 is 0 Å². The van der Waals surface area contributed by atoms with Gasteiger partial charge in [-0.1, -0.05) is 0 Å². The van der Waals surface area contributed by atoms with Gasteiger partial charge in [-0.15, -0.1) is 0 Å². The minimum atomic E-state index is -0.441. The Balaban J connectivity index is 2.10. The largest absolute Gasteiger partial charge is 0.465 e. The molecule has 2 saturated carbocycles. The van der Waals surface area contributed by atoms with Crippen LogP contribution < -0.4 is 5.32 Å². The zero-order valence-electron chi connectivity index (χ0n) is 13.4. The summed E-state index contributed by atoms with van der Waals surface area (Å²) in [5.74, 6) is -0.0336. The molecule has 2 rings (SSSR count). The Hall–Kier alpha value is -0.610. The zero-order chi connectivity index (χ0) is 14.8. The molecule has 116 valence electrons. The van der Waals surface area contributed by atoms with Crippen molar-refractivity contribution in [3.05, 3.63) is 0 Å². The summed E-state index contributed by atoms with van der Waals surface area (Å²) in [7, 11) is 2.17. The van der Waals surface area contributed by atoms with Crippen LogP contribution in [-0.4, -0.2) is 48.2 Å². The van der Waals surface area contributed by atoms with Crippen LogP contribution in [0.2, 0.25) is 0 Å². The number of hydrogen-bond donors (Lipinski definition) is 1. The molecule has 2 unspecified atom stereocenters. The lowest BCUT2D eigenvalue weighted by Crippen LogP contribution is -2.59. The molecule has 0 radical (unpaired) electrons. The van der Waals surface area contributed by atoms with Crippen molar-refractivity contribution in [2.75, 3.05) is 13.7 Å². The normalized spacial score (nSPS) is 30.8. The summed E-state index contributed by atoms with van der Waals surface area (Å²) >= 11 is 0. The van der Waals surface area contributed by atoms with Crippen molar-refractivity contribution in [2.45, 2.75) is 83.0 Å². The first-order valence-electron chi connectivity index (χ1n) is 8.15. The third-order valence-electron chi connectivity index (χ3n) is 4.84. The molecule has 2 aliphatic rings. The van der Waals surface area contributed by atoms with Gasteiger partial charge in [0.15, 0.2) is 0 Å². The number of nitrogens with zero attached hydrogens (tertiary/aromatic N) is 1. The van der Waals surface area contributed by atoms with Gasteiger partial charge in [-0.2, -0.15) is 0 Å². The second kappa shape index (κ2) is 6.44. The predicted molar refractivity (Wildman–Crippen MR) is 80.7 cm³/mol. The van der Waals surface area contributed by atoms with E-state index >= 15 is 0 Å². The third kappa shape index (κ3) is 3.53. The molecule has 0 aromatic carbocycles. The second-order valence-electron chi connectivity index (χ2n) is 6.73. The summed E-state index contributed by atoms with van der Waals surface area (Å²) in [5, 5.41) is 3.61. The van der Waals surface area contributed by atoms with Crippen molar-refractivity contribution in [1.29, 1.82) is 0 Å². The van der Waals surface area contributed by atoms with E-state index in [1.807, 2.05) is 6.92 Å². The van der Waals surface area contributed by atoms with Gasteiger partial charge in [0.25, 0.3) is 0 Å². The Kier molecular flexibility index (Phi) is 5.08. The zero-order valence-corrected chi connectivity index (χ0v) is 13.4. The minimum absolute atomic E-state index is 0.0336. The van der Waals surface area contributed by atoms with Crippen LogP contribution in [0.25, 0.3) is 0 Å². The van der Waals surface area contributed by atoms with Crippen molar-refractivity contribution in [3.8, 4) is 0 Å². The standard InChI is InChI=1S/C16H30N2O2/c1-5-20-15(19)16(17-13-8-9-13)10-6-7-14(11-16)18(4)12(2)3/h12-14,17H,5-11H2,1-4H3. The smallest absolute Gasteiger partial charge is 0.326 e. The van der Waals surface area contributed by atoms with Gasteiger partial charge in [-0.25, -0.2) is 0 Å². The highest BCUT2D eigenvalue weighted by Gasteiger charge is 2.47. The lowest BCUT2D eigenvalue weighted by atomic mass is 9.78. The molecule has 4 heteroatoms. The van der Waals surface area contributed by atoms with Crippen LogP contribution in [0.1, 0.15) is 59.3 Å². The van der Waals surface area contributed by atoms with E-state index in [2.05, 4.69) is 31.1 Å². The number of rotatable bonds is 6. The van der Waals surface area contributed by atoms with Gasteiger partial charge < -0.3 is 9.64 Å². The molecule has 1 N–H and O–H groups in total. The maximum atomic E-state index is 12.5. The minimum Gasteiger partial charge on any atom is -0.465 e. The Bertz CT molecular complexity index is 341. The van der Waals surface area contributed by atoms with Crippen molar-refractivity contribution in [1.82, 2.24) is 10.2 Å². The Labute approximate surface area is 123 Å². The van der Waals surface area contributed by atoms with Crippen LogP contribution in [0, 0.1) is 0 Å². The van der Waals surface area contributed by atoms with Crippen LogP contribution in [0.15, 0.2) is 0 Å². The fourth-order valence-corrected chi connectivity index (χ4v) is 3.28. The number of esters is 1. The number of nitrogens with one attached hydrogen (secondary N) is 1. The number of hydrogen-bond acceptors (Lipinski definition) is 4. The molecule has 20 heavy (non-hydrogen) atoms. The van der Waals surface area contributed by atoms with Gasteiger partial charge in [0.2, 0.25) is 0 Å². The highest BCUT2D eigenvalue weighted by atomic mass is 16.5. The molecule has 0 amide bonds. The van der Waals surface area contributed by atoms with Crippen LogP contribution in [-0.2, 0) is 9.53 Å². The Morgan fingerprint density at radius 3 is 2.65 bits per heavy atom. The molecular weight excluding hydrogens is 252 g/mol. The maximum Gasteiger partial charge on any atom is 0.326 e. The van der Waals surface area contributed by atoms with Gasteiger partial charge in [0.05, 0.1) is 6.61 Å². The molecule has 0 aromatic rings. The lowest BCUT2D eigenvalue weighted by Gasteiger charge is -2.44. The van der Waals surface area contributed by atoms with E-state index in [-0.39, 0.29) is 5.97 Å². The van der Waals surface area contributed by atoms with Crippen LogP contribution in [0.5, 0.6) is 0 Å². The van der Waals surface area contributed by atoms with E-state index in [1.54, 1.807) is 0 Å². The topological polar surface area (TPSA) is 41.6 Å². The molecule has 2 aliphatic carbocycles. The molecule has 4 nitrogen and oxygen atoms in total. The summed E-state index contributed by atoms with van der Waals surface area (Å²) in [5.41, 5.74) is -0.441. The quantitative estimate of drug-likeness (QED) is 0.759. The molecule has 0 bridgehead atoms. The Morgan fingerprint density at radius 2 is 2.10 bits per heavy atom. The third-order valence-corrected chi connectivity index (χ3v) is 4.84. The number of carbonyl (C=O) groups is 1. The van der Waals surface area contributed by atoms with E-state index in [1.165, 1.54) is 19.3 Å². The second-order valence-corrected chi connectivity index (χ2v) is 6.73. The van der Waals surface area contributed by atoms with E-state index < -0.39 is 5.54 Å². The summed E-state index contributed by atoms with van der Waals surface area (Å²) in [6.45, 7) is 6.80. The number of carbonyl (C=O) groups excluding carboxylic acids is 1. The van der Waals surface area contributed by atoms with E-state index in [0.29, 0.717) is 24.7 Å². The first kappa shape index (κ1) is 15.8. The first-order chi connectivity index (χ1) is 9.48. The molecular formula is C16H30N2O2. The fraction of sp³-hybridized carbons (Fsp3) is 0.938. The van der Waals surface area contributed by atoms with E-state index in [4.69, 9.17) is 4.74 Å². The average Bonchev–Trinajstić information content (AvgIpc) is 3.22. The molecule has 0 aliphatic heterocycles. The molecule has 2 atom stereocenters. The van der Waals surface area contributed by atoms with Crippen molar-refractivity contribution in [3.63, 3.8) is 0 Å². The van der Waals surface area contributed by atoms with Gasteiger partial charge in [0.1, 0.15) is 5.54 Å². The van der Waals surface area contributed by atoms with Gasteiger partial charge >= 0.3 is 5.97 Å². The molecule has 0 spiro atoms. The summed E-state index contributed by atoms with van der Waals surface area (Å²) in [4.78, 5) is 14.9. The molecule has 0 saturated heterocycles. The highest BCUT2D eigenvalue weighted by molar-refractivity contribution is 5.81. The summed E-state index contributed by atoms with van der Waals surface area (Å²) < 4.78 is 5.38. The van der Waals surface area contributed by atoms with Gasteiger partial charge in [-0.05, 0) is 66.3 Å². The SMILES string of the molecule is CCOC(=O)C1(NC2CC2)CCCC(N(C)C(C)C)C1. The molecule has 2 fully saturated rings. The molecule has 0 aromatic heterocycles. The summed E-state index contributed by atoms with van der Waals surface area (Å²) in [6.07, 6.45) is 6.49. The highest BCUT2D eigenvalue weighted by Crippen LogP contribution is 2.35. The maximum absolute atomic E-state index is 12.5. The summed E-state index contributed by atoms with van der Waals surface area (Å²) in [6, 6.07) is 1.51. The van der Waals surface area contributed by atoms with E-state index in [9.17, 15) is 4.79 Å². The van der Waals surface area contributed by atoms with Crippen LogP contribution in [0.3, 0.4) is 0 Å². The number of ether oxygens (including phenoxy) is 1. The van der Waals surface area contributed by atoms with Gasteiger partial charge in [-0.3, -0.25) is 10.1 Å². The lowest BCUT2D eigenvalue weighted by molar-refractivity contribution is -0.154. The van der Waals surface area contributed by atoms with Crippen molar-refractivity contribution in [2.24, 2.45) is 0 Å². The van der Waals surface area contributed by atoms with E-state index in [0.717, 1.165) is 19.3 Å². The van der Waals surface area contributed by atoms with Crippen molar-refractivity contribution < 1.29 is 9.53 Å². The predicted octanol–water partition coefficient (Wildman–Crippen LogP) is 2.32. The fourth-order valence-electron chi connectivity index (χ4n) is 3.28. The average molecular weight is 282 g/mol. The van der Waals surface area contributed by atoms with Crippen molar-refractivity contribution >= 4 is 5.97 Å². The molecule has 0 heterocycles. The van der Waals surface area contributed by atoms with Crippen LogP contribution in [0.4, 0.5) is 0 Å². The Morgan fingerprint density at radius 1 is 1.40 bits per heavy atom. The van der Waals surface area contributed by atoms with Gasteiger partial charge in [0, 0.05) is 18.1 Å². The first-order valence-corrected chi connectivity index (χ1v) is 8.15.